The molecule has 196 valence electrons. The highest BCUT2D eigenvalue weighted by atomic mass is 32.1. The van der Waals surface area contributed by atoms with Crippen LogP contribution in [0.5, 0.6) is 5.75 Å². The van der Waals surface area contributed by atoms with Crippen LogP contribution in [-0.2, 0) is 17.5 Å². The van der Waals surface area contributed by atoms with Crippen LogP contribution in [0.3, 0.4) is 0 Å². The summed E-state index contributed by atoms with van der Waals surface area (Å²) < 4.78 is 49.4. The number of hydrogen-bond acceptors (Lipinski definition) is 8. The van der Waals surface area contributed by atoms with Gasteiger partial charge in [-0.3, -0.25) is 4.79 Å². The molecule has 3 aromatic rings. The van der Waals surface area contributed by atoms with Gasteiger partial charge in [-0.2, -0.15) is 13.2 Å². The van der Waals surface area contributed by atoms with Crippen molar-refractivity contribution in [1.82, 2.24) is 25.2 Å². The van der Waals surface area contributed by atoms with Gasteiger partial charge < -0.3 is 24.8 Å². The molecule has 0 saturated carbocycles. The fourth-order valence-electron chi connectivity index (χ4n) is 3.49. The Morgan fingerprint density at radius 3 is 2.62 bits per heavy atom. The largest absolute Gasteiger partial charge is 0.491 e. The van der Waals surface area contributed by atoms with Crippen LogP contribution in [0.4, 0.5) is 18.0 Å². The van der Waals surface area contributed by atoms with Gasteiger partial charge >= 0.3 is 12.3 Å². The zero-order valence-electron chi connectivity index (χ0n) is 19.5. The molecule has 3 heterocycles. The SMILES string of the molecule is Cc1cnc(-c2cc(OC[C@H]3CN(C(=O)O)CCO3)cc(C(=O)NCc3cnc(C(F)(F)F)nc3)c2)s1. The first-order valence-electron chi connectivity index (χ1n) is 11.0. The number of rotatable bonds is 7. The Labute approximate surface area is 213 Å². The maximum atomic E-state index is 12.9. The number of halogens is 3. The van der Waals surface area contributed by atoms with Crippen LogP contribution in [0, 0.1) is 6.92 Å². The Bertz CT molecular complexity index is 1270. The van der Waals surface area contributed by atoms with Crippen molar-refractivity contribution in [3.63, 3.8) is 0 Å². The van der Waals surface area contributed by atoms with E-state index in [1.807, 2.05) is 6.92 Å². The molecule has 1 saturated heterocycles. The Balaban J connectivity index is 1.48. The molecule has 0 spiro atoms. The van der Waals surface area contributed by atoms with E-state index < -0.39 is 30.1 Å². The molecule has 0 bridgehead atoms. The summed E-state index contributed by atoms with van der Waals surface area (Å²) in [6.45, 7) is 2.56. The summed E-state index contributed by atoms with van der Waals surface area (Å²) in [5.41, 5.74) is 1.17. The van der Waals surface area contributed by atoms with Gasteiger partial charge in [-0.15, -0.1) is 11.3 Å². The van der Waals surface area contributed by atoms with Crippen molar-refractivity contribution >= 4 is 23.3 Å². The van der Waals surface area contributed by atoms with Crippen LogP contribution in [0.2, 0.25) is 0 Å². The number of amides is 2. The summed E-state index contributed by atoms with van der Waals surface area (Å²) in [6.07, 6.45) is -2.46. The molecule has 4 rings (SSSR count). The Morgan fingerprint density at radius 1 is 1.22 bits per heavy atom. The van der Waals surface area contributed by atoms with E-state index in [-0.39, 0.29) is 38.4 Å². The van der Waals surface area contributed by atoms with Gasteiger partial charge in [0.1, 0.15) is 23.5 Å². The van der Waals surface area contributed by atoms with Crippen molar-refractivity contribution in [2.45, 2.75) is 25.7 Å². The van der Waals surface area contributed by atoms with Gasteiger partial charge in [-0.1, -0.05) is 0 Å². The number of aryl methyl sites for hydroxylation is 1. The predicted molar refractivity (Wildman–Crippen MR) is 125 cm³/mol. The third kappa shape index (κ3) is 6.92. The third-order valence-corrected chi connectivity index (χ3v) is 6.26. The van der Waals surface area contributed by atoms with Crippen LogP contribution in [0.15, 0.2) is 36.8 Å². The normalized spacial score (nSPS) is 15.9. The molecule has 2 N–H and O–H groups in total. The van der Waals surface area contributed by atoms with E-state index in [0.717, 1.165) is 17.3 Å². The van der Waals surface area contributed by atoms with Crippen LogP contribution in [0.25, 0.3) is 10.6 Å². The molecule has 0 radical (unpaired) electrons. The van der Waals surface area contributed by atoms with Crippen LogP contribution in [-0.4, -0.2) is 69.4 Å². The summed E-state index contributed by atoms with van der Waals surface area (Å²) in [6, 6.07) is 4.86. The van der Waals surface area contributed by atoms with E-state index in [0.29, 0.717) is 21.9 Å². The van der Waals surface area contributed by atoms with Crippen molar-refractivity contribution in [2.24, 2.45) is 0 Å². The van der Waals surface area contributed by atoms with Crippen LogP contribution >= 0.6 is 11.3 Å². The van der Waals surface area contributed by atoms with E-state index in [1.54, 1.807) is 18.3 Å². The second kappa shape index (κ2) is 11.1. The highest BCUT2D eigenvalue weighted by Gasteiger charge is 2.34. The first-order chi connectivity index (χ1) is 17.6. The Hall–Kier alpha value is -3.78. The quantitative estimate of drug-likeness (QED) is 0.468. The lowest BCUT2D eigenvalue weighted by molar-refractivity contribution is -0.145. The summed E-state index contributed by atoms with van der Waals surface area (Å²) in [5, 5.41) is 12.5. The van der Waals surface area contributed by atoms with Crippen molar-refractivity contribution in [3.05, 3.63) is 58.6 Å². The van der Waals surface area contributed by atoms with Gasteiger partial charge in [-0.25, -0.2) is 19.7 Å². The minimum absolute atomic E-state index is 0.0636. The molecule has 0 unspecified atom stereocenters. The summed E-state index contributed by atoms with van der Waals surface area (Å²) in [5.74, 6) is -1.40. The van der Waals surface area contributed by atoms with Gasteiger partial charge in [0.25, 0.3) is 5.91 Å². The minimum atomic E-state index is -4.65. The Morgan fingerprint density at radius 2 is 1.97 bits per heavy atom. The highest BCUT2D eigenvalue weighted by Crippen LogP contribution is 2.30. The number of nitrogens with zero attached hydrogens (tertiary/aromatic N) is 4. The van der Waals surface area contributed by atoms with E-state index >= 15 is 0 Å². The molecule has 1 aromatic carbocycles. The number of carbonyl (C=O) groups excluding carboxylic acids is 1. The molecule has 0 aliphatic carbocycles. The smallest absolute Gasteiger partial charge is 0.451 e. The third-order valence-electron chi connectivity index (χ3n) is 5.29. The van der Waals surface area contributed by atoms with Gasteiger partial charge in [0, 0.05) is 53.2 Å². The maximum Gasteiger partial charge on any atom is 0.451 e. The average Bonchev–Trinajstić information content (AvgIpc) is 3.32. The fourth-order valence-corrected chi connectivity index (χ4v) is 4.24. The summed E-state index contributed by atoms with van der Waals surface area (Å²) >= 11 is 1.43. The Kier molecular flexibility index (Phi) is 7.88. The molecule has 10 nitrogen and oxygen atoms in total. The number of thiazole rings is 1. The molecule has 14 heteroatoms. The number of nitrogens with one attached hydrogen (secondary N) is 1. The lowest BCUT2D eigenvalue weighted by Crippen LogP contribution is -2.47. The number of carbonyl (C=O) groups is 2. The van der Waals surface area contributed by atoms with Crippen molar-refractivity contribution < 1.29 is 37.3 Å². The molecule has 1 aliphatic rings. The van der Waals surface area contributed by atoms with Crippen molar-refractivity contribution in [3.8, 4) is 16.3 Å². The van der Waals surface area contributed by atoms with E-state index in [4.69, 9.17) is 9.47 Å². The second-order valence-electron chi connectivity index (χ2n) is 8.15. The van der Waals surface area contributed by atoms with Crippen molar-refractivity contribution in [1.29, 1.82) is 0 Å². The zero-order valence-corrected chi connectivity index (χ0v) is 20.3. The summed E-state index contributed by atoms with van der Waals surface area (Å²) in [7, 11) is 0. The molecule has 2 amide bonds. The number of morpholine rings is 1. The minimum Gasteiger partial charge on any atom is -0.491 e. The molecule has 2 aromatic heterocycles. The van der Waals surface area contributed by atoms with Crippen LogP contribution in [0.1, 0.15) is 26.6 Å². The van der Waals surface area contributed by atoms with E-state index in [9.17, 15) is 27.9 Å². The fraction of sp³-hybridized carbons (Fsp3) is 0.348. The number of aromatic nitrogens is 3. The number of carboxylic acid groups (broad SMARTS) is 1. The monoisotopic (exact) mass is 537 g/mol. The molecule has 1 fully saturated rings. The zero-order chi connectivity index (χ0) is 26.6. The molecular formula is C23H22F3N5O5S. The summed E-state index contributed by atoms with van der Waals surface area (Å²) in [4.78, 5) is 37.3. The average molecular weight is 538 g/mol. The topological polar surface area (TPSA) is 127 Å². The van der Waals surface area contributed by atoms with Crippen molar-refractivity contribution in [2.75, 3.05) is 26.3 Å². The van der Waals surface area contributed by atoms with Gasteiger partial charge in [0.2, 0.25) is 5.82 Å². The first-order valence-corrected chi connectivity index (χ1v) is 11.9. The molecule has 37 heavy (non-hydrogen) atoms. The van der Waals surface area contributed by atoms with Crippen LogP contribution < -0.4 is 10.1 Å². The molecular weight excluding hydrogens is 515 g/mol. The highest BCUT2D eigenvalue weighted by molar-refractivity contribution is 7.14. The number of alkyl halides is 3. The van der Waals surface area contributed by atoms with E-state index in [1.165, 1.54) is 22.3 Å². The number of benzene rings is 1. The number of ether oxygens (including phenoxy) is 2. The van der Waals surface area contributed by atoms with E-state index in [2.05, 4.69) is 20.3 Å². The van der Waals surface area contributed by atoms with Gasteiger partial charge in [0.15, 0.2) is 0 Å². The molecule has 1 atom stereocenters. The standard InChI is InChI=1S/C23H22F3N5O5S/c1-13-7-28-20(37-13)16-4-15(19(32)27-8-14-9-29-21(30-10-14)23(24,25)26)5-17(6-16)36-12-18-11-31(22(33)34)2-3-35-18/h4-7,9-10,18H,2-3,8,11-12H2,1H3,(H,27,32)(H,33,34)/t18-/m1/s1. The van der Waals surface area contributed by atoms with Gasteiger partial charge in [0.05, 0.1) is 13.2 Å². The first kappa shape index (κ1) is 26.3. The lowest BCUT2D eigenvalue weighted by atomic mass is 10.1. The second-order valence-corrected chi connectivity index (χ2v) is 9.38. The lowest BCUT2D eigenvalue weighted by Gasteiger charge is -2.30. The molecule has 1 aliphatic heterocycles. The maximum absolute atomic E-state index is 12.9. The van der Waals surface area contributed by atoms with Gasteiger partial charge in [-0.05, 0) is 25.1 Å². The number of hydrogen-bond donors (Lipinski definition) is 2. The predicted octanol–water partition coefficient (Wildman–Crippen LogP) is 3.61.